The Kier molecular flexibility index (Phi) is 9.40. The smallest absolute Gasteiger partial charge is 0.236 e. The zero-order valence-electron chi connectivity index (χ0n) is 22.6. The molecule has 2 aromatic rings. The minimum absolute atomic E-state index is 0.140. The number of rotatable bonds is 6. The number of hydrogen-bond donors (Lipinski definition) is 0. The molecule has 2 aromatic carbocycles. The molecule has 2 amide bonds. The van der Waals surface area contributed by atoms with Crippen LogP contribution in [0, 0.1) is 18.8 Å². The molecule has 2 bridgehead atoms. The number of carbonyl (C=O) groups is 2. The Hall–Kier alpha value is -3.12. The van der Waals surface area contributed by atoms with Gasteiger partial charge in [-0.25, -0.2) is 0 Å². The van der Waals surface area contributed by atoms with Gasteiger partial charge in [0.25, 0.3) is 0 Å². The molecular formula is C31H41N3O3. The summed E-state index contributed by atoms with van der Waals surface area (Å²) in [5.74, 6) is 1.58. The molecule has 2 atom stereocenters. The van der Waals surface area contributed by atoms with Gasteiger partial charge in [-0.3, -0.25) is 14.5 Å². The van der Waals surface area contributed by atoms with Crippen molar-refractivity contribution in [3.8, 4) is 5.75 Å². The van der Waals surface area contributed by atoms with Crippen LogP contribution in [0.3, 0.4) is 0 Å². The SMILES string of the molecule is CCN(CC)C(=O)C[C@@H]1CCN2C[C@@H]1/C=C\COc1ccccc1CN(Cc1ccccc1C)CC2=O. The van der Waals surface area contributed by atoms with Crippen molar-refractivity contribution in [2.24, 2.45) is 11.8 Å². The fourth-order valence-electron chi connectivity index (χ4n) is 5.53. The summed E-state index contributed by atoms with van der Waals surface area (Å²) in [5.41, 5.74) is 3.54. The van der Waals surface area contributed by atoms with Gasteiger partial charge in [-0.15, -0.1) is 0 Å². The van der Waals surface area contributed by atoms with Gasteiger partial charge in [0, 0.05) is 51.3 Å². The van der Waals surface area contributed by atoms with E-state index >= 15 is 0 Å². The third-order valence-corrected chi connectivity index (χ3v) is 7.81. The Balaban J connectivity index is 1.57. The van der Waals surface area contributed by atoms with Crippen LogP contribution in [0.2, 0.25) is 0 Å². The average Bonchev–Trinajstić information content (AvgIpc) is 2.90. The van der Waals surface area contributed by atoms with Crippen molar-refractivity contribution >= 4 is 11.8 Å². The molecule has 0 N–H and O–H groups in total. The second-order valence-corrected chi connectivity index (χ2v) is 10.2. The zero-order chi connectivity index (χ0) is 26.2. The molecule has 1 saturated heterocycles. The first-order valence-electron chi connectivity index (χ1n) is 13.7. The van der Waals surface area contributed by atoms with E-state index in [1.165, 1.54) is 11.1 Å². The summed E-state index contributed by atoms with van der Waals surface area (Å²) in [6, 6.07) is 16.5. The van der Waals surface area contributed by atoms with Crippen LogP contribution in [-0.4, -0.2) is 65.8 Å². The maximum atomic E-state index is 13.6. The third kappa shape index (κ3) is 7.01. The summed E-state index contributed by atoms with van der Waals surface area (Å²) in [7, 11) is 0. The molecule has 0 aromatic heterocycles. The standard InChI is InChI=1S/C31H41N3O3/c1-4-33(5-2)30(35)19-25-16-17-34-22-27(25)14-10-18-37-29-15-9-8-13-28(29)21-32(23-31(34)36)20-26-12-7-6-11-24(26)3/h6-15,25,27H,4-5,16-23H2,1-3H3/b14-10-/t25-,27-/m0/s1. The number of carbonyl (C=O) groups excluding carboxylic acids is 2. The predicted octanol–water partition coefficient (Wildman–Crippen LogP) is 4.67. The fourth-order valence-corrected chi connectivity index (χ4v) is 5.53. The number of fused-ring (bicyclic) bond motifs is 3. The lowest BCUT2D eigenvalue weighted by Crippen LogP contribution is -2.48. The first kappa shape index (κ1) is 26.9. The molecule has 6 heteroatoms. The van der Waals surface area contributed by atoms with E-state index < -0.39 is 0 Å². The van der Waals surface area contributed by atoms with Crippen LogP contribution >= 0.6 is 0 Å². The molecule has 0 radical (unpaired) electrons. The Morgan fingerprint density at radius 1 is 1.05 bits per heavy atom. The molecule has 37 heavy (non-hydrogen) atoms. The number of amides is 2. The molecule has 6 nitrogen and oxygen atoms in total. The summed E-state index contributed by atoms with van der Waals surface area (Å²) < 4.78 is 6.19. The van der Waals surface area contributed by atoms with Gasteiger partial charge in [0.2, 0.25) is 11.8 Å². The van der Waals surface area contributed by atoms with Crippen molar-refractivity contribution in [2.75, 3.05) is 39.3 Å². The number of ether oxygens (including phenoxy) is 1. The van der Waals surface area contributed by atoms with Crippen molar-refractivity contribution in [3.63, 3.8) is 0 Å². The quantitative estimate of drug-likeness (QED) is 0.538. The van der Waals surface area contributed by atoms with E-state index in [-0.39, 0.29) is 23.7 Å². The Morgan fingerprint density at radius 3 is 2.59 bits per heavy atom. The minimum Gasteiger partial charge on any atom is -0.489 e. The number of aryl methyl sites for hydroxylation is 1. The Morgan fingerprint density at radius 2 is 1.81 bits per heavy atom. The van der Waals surface area contributed by atoms with E-state index in [1.54, 1.807) is 0 Å². The summed E-state index contributed by atoms with van der Waals surface area (Å²) in [4.78, 5) is 32.6. The number of nitrogens with zero attached hydrogens (tertiary/aromatic N) is 3. The van der Waals surface area contributed by atoms with E-state index in [1.807, 2.05) is 41.8 Å². The van der Waals surface area contributed by atoms with Gasteiger partial charge < -0.3 is 14.5 Å². The van der Waals surface area contributed by atoms with Crippen LogP contribution in [0.5, 0.6) is 5.75 Å². The number of piperidine rings is 1. The molecule has 0 saturated carbocycles. The number of hydrogen-bond acceptors (Lipinski definition) is 4. The maximum Gasteiger partial charge on any atom is 0.236 e. The normalized spacial score (nSPS) is 21.6. The minimum atomic E-state index is 0.140. The summed E-state index contributed by atoms with van der Waals surface area (Å²) in [5, 5.41) is 0. The average molecular weight is 504 g/mol. The molecule has 2 heterocycles. The molecule has 0 spiro atoms. The van der Waals surface area contributed by atoms with Crippen LogP contribution in [0.4, 0.5) is 0 Å². The van der Waals surface area contributed by atoms with Crippen LogP contribution in [0.15, 0.2) is 60.7 Å². The van der Waals surface area contributed by atoms with Gasteiger partial charge in [-0.2, -0.15) is 0 Å². The van der Waals surface area contributed by atoms with Crippen LogP contribution in [0.1, 0.15) is 43.4 Å². The number of benzene rings is 2. The highest BCUT2D eigenvalue weighted by atomic mass is 16.5. The topological polar surface area (TPSA) is 53.1 Å². The largest absolute Gasteiger partial charge is 0.489 e. The van der Waals surface area contributed by atoms with Crippen LogP contribution in [-0.2, 0) is 22.7 Å². The van der Waals surface area contributed by atoms with Gasteiger partial charge >= 0.3 is 0 Å². The Bertz CT molecular complexity index is 1090. The molecule has 2 aliphatic rings. The van der Waals surface area contributed by atoms with Gasteiger partial charge in [0.1, 0.15) is 12.4 Å². The third-order valence-electron chi connectivity index (χ3n) is 7.81. The lowest BCUT2D eigenvalue weighted by molar-refractivity contribution is -0.136. The van der Waals surface area contributed by atoms with Crippen molar-refractivity contribution in [3.05, 3.63) is 77.4 Å². The van der Waals surface area contributed by atoms with Crippen molar-refractivity contribution in [2.45, 2.75) is 46.7 Å². The van der Waals surface area contributed by atoms with E-state index in [4.69, 9.17) is 4.74 Å². The second kappa shape index (κ2) is 12.9. The van der Waals surface area contributed by atoms with Crippen molar-refractivity contribution < 1.29 is 14.3 Å². The van der Waals surface area contributed by atoms with E-state index in [9.17, 15) is 9.59 Å². The molecule has 198 valence electrons. The molecule has 0 unspecified atom stereocenters. The van der Waals surface area contributed by atoms with E-state index in [2.05, 4.69) is 54.3 Å². The van der Waals surface area contributed by atoms with Gasteiger partial charge in [0.15, 0.2) is 0 Å². The number of para-hydroxylation sites is 1. The predicted molar refractivity (Wildman–Crippen MR) is 147 cm³/mol. The van der Waals surface area contributed by atoms with Gasteiger partial charge in [-0.05, 0) is 56.2 Å². The highest BCUT2D eigenvalue weighted by Crippen LogP contribution is 2.30. The van der Waals surface area contributed by atoms with E-state index in [0.29, 0.717) is 45.8 Å². The van der Waals surface area contributed by atoms with Crippen molar-refractivity contribution in [1.82, 2.24) is 14.7 Å². The second-order valence-electron chi connectivity index (χ2n) is 10.2. The molecule has 0 aliphatic carbocycles. The molecule has 2 aliphatic heterocycles. The maximum absolute atomic E-state index is 13.6. The fraction of sp³-hybridized carbons (Fsp3) is 0.484. The lowest BCUT2D eigenvalue weighted by Gasteiger charge is -2.38. The summed E-state index contributed by atoms with van der Waals surface area (Å²) >= 11 is 0. The molecular weight excluding hydrogens is 462 g/mol. The Labute approximate surface area is 221 Å². The van der Waals surface area contributed by atoms with Gasteiger partial charge in [0.05, 0.1) is 6.54 Å². The molecule has 4 rings (SSSR count). The molecule has 1 fully saturated rings. The highest BCUT2D eigenvalue weighted by Gasteiger charge is 2.33. The first-order chi connectivity index (χ1) is 18.0. The monoisotopic (exact) mass is 503 g/mol. The van der Waals surface area contributed by atoms with Crippen LogP contribution in [0.25, 0.3) is 0 Å². The van der Waals surface area contributed by atoms with Crippen molar-refractivity contribution in [1.29, 1.82) is 0 Å². The zero-order valence-corrected chi connectivity index (χ0v) is 22.6. The summed E-state index contributed by atoms with van der Waals surface area (Å²) in [6.07, 6.45) is 5.60. The lowest BCUT2D eigenvalue weighted by atomic mass is 9.82. The first-order valence-corrected chi connectivity index (χ1v) is 13.7. The summed E-state index contributed by atoms with van der Waals surface area (Å²) in [6.45, 7) is 11.1. The van der Waals surface area contributed by atoms with Crippen LogP contribution < -0.4 is 4.74 Å². The van der Waals surface area contributed by atoms with E-state index in [0.717, 1.165) is 30.8 Å². The van der Waals surface area contributed by atoms with Gasteiger partial charge in [-0.1, -0.05) is 54.6 Å². The highest BCUT2D eigenvalue weighted by molar-refractivity contribution is 5.79.